The van der Waals surface area contributed by atoms with E-state index in [1.54, 1.807) is 4.90 Å². The van der Waals surface area contributed by atoms with E-state index in [1.807, 2.05) is 0 Å². The van der Waals surface area contributed by atoms with Crippen molar-refractivity contribution in [2.75, 3.05) is 13.1 Å². The van der Waals surface area contributed by atoms with Gasteiger partial charge in [0, 0.05) is 13.1 Å². The van der Waals surface area contributed by atoms with Gasteiger partial charge < -0.3 is 15.3 Å². The van der Waals surface area contributed by atoms with E-state index in [-0.39, 0.29) is 11.4 Å². The van der Waals surface area contributed by atoms with Crippen molar-refractivity contribution in [2.45, 2.75) is 40.2 Å². The van der Waals surface area contributed by atoms with Crippen molar-refractivity contribution in [3.8, 4) is 0 Å². The number of amides is 2. The molecule has 1 aliphatic rings. The number of carboxylic acid groups (broad SMARTS) is 1. The lowest BCUT2D eigenvalue weighted by molar-refractivity contribution is -0.138. The Hall–Kier alpha value is -1.52. The van der Waals surface area contributed by atoms with E-state index in [0.29, 0.717) is 13.1 Å². The van der Waals surface area contributed by atoms with Crippen molar-refractivity contribution in [3.63, 3.8) is 0 Å². The molecule has 0 saturated carbocycles. The smallest absolute Gasteiger partial charge is 0.325 e. The predicted molar refractivity (Wildman–Crippen MR) is 69.4 cm³/mol. The van der Waals surface area contributed by atoms with Gasteiger partial charge in [0.15, 0.2) is 0 Å². The molecule has 2 N–H and O–H groups in total. The molecular weight excluding hydrogens is 232 g/mol. The summed E-state index contributed by atoms with van der Waals surface area (Å²) in [6.07, 6.45) is 2.91. The SMILES string of the molecule is CC(NC(=O)N1CC=C(C(C)(C)C)CC1)C(=O)O. The number of carboxylic acids is 1. The van der Waals surface area contributed by atoms with Crippen LogP contribution >= 0.6 is 0 Å². The molecule has 2 amide bonds. The maximum Gasteiger partial charge on any atom is 0.325 e. The zero-order chi connectivity index (χ0) is 13.9. The first-order valence-corrected chi connectivity index (χ1v) is 6.19. The second-order valence-corrected chi connectivity index (χ2v) is 5.68. The molecule has 5 heteroatoms. The molecular formula is C13H22N2O3. The molecule has 0 fully saturated rings. The average Bonchev–Trinajstić information content (AvgIpc) is 2.27. The summed E-state index contributed by atoms with van der Waals surface area (Å²) in [5, 5.41) is 11.2. The molecule has 5 nitrogen and oxygen atoms in total. The zero-order valence-electron chi connectivity index (χ0n) is 11.5. The van der Waals surface area contributed by atoms with Crippen LogP contribution in [0.4, 0.5) is 4.79 Å². The van der Waals surface area contributed by atoms with Gasteiger partial charge >= 0.3 is 12.0 Å². The molecule has 1 aliphatic heterocycles. The van der Waals surface area contributed by atoms with Crippen LogP contribution in [0.3, 0.4) is 0 Å². The third kappa shape index (κ3) is 3.75. The Bertz CT molecular complexity index is 369. The third-order valence-corrected chi connectivity index (χ3v) is 3.17. The van der Waals surface area contributed by atoms with E-state index in [4.69, 9.17) is 5.11 Å². The standard InChI is InChI=1S/C13H22N2O3/c1-9(11(16)17)14-12(18)15-7-5-10(6-8-15)13(2,3)4/h5,9H,6-8H2,1-4H3,(H,14,18)(H,16,17). The molecule has 1 atom stereocenters. The molecule has 1 unspecified atom stereocenters. The van der Waals surface area contributed by atoms with Crippen LogP contribution in [0.25, 0.3) is 0 Å². The largest absolute Gasteiger partial charge is 0.480 e. The fourth-order valence-corrected chi connectivity index (χ4v) is 1.87. The van der Waals surface area contributed by atoms with Crippen molar-refractivity contribution < 1.29 is 14.7 Å². The van der Waals surface area contributed by atoms with Crippen LogP contribution in [0.1, 0.15) is 34.1 Å². The number of nitrogens with zero attached hydrogens (tertiary/aromatic N) is 1. The van der Waals surface area contributed by atoms with Crippen molar-refractivity contribution >= 4 is 12.0 Å². The number of rotatable bonds is 2. The topological polar surface area (TPSA) is 69.6 Å². The number of urea groups is 1. The maximum atomic E-state index is 11.8. The number of carbonyl (C=O) groups excluding carboxylic acids is 1. The minimum absolute atomic E-state index is 0.136. The molecule has 0 radical (unpaired) electrons. The number of nitrogens with one attached hydrogen (secondary N) is 1. The molecule has 0 bridgehead atoms. The highest BCUT2D eigenvalue weighted by Gasteiger charge is 2.25. The minimum Gasteiger partial charge on any atom is -0.480 e. The van der Waals surface area contributed by atoms with Gasteiger partial charge in [-0.15, -0.1) is 0 Å². The zero-order valence-corrected chi connectivity index (χ0v) is 11.5. The van der Waals surface area contributed by atoms with E-state index >= 15 is 0 Å². The number of aliphatic carboxylic acids is 1. The summed E-state index contributed by atoms with van der Waals surface area (Å²) in [4.78, 5) is 24.1. The summed E-state index contributed by atoms with van der Waals surface area (Å²) in [7, 11) is 0. The summed E-state index contributed by atoms with van der Waals surface area (Å²) in [6, 6.07) is -1.17. The molecule has 0 aliphatic carbocycles. The molecule has 102 valence electrons. The van der Waals surface area contributed by atoms with Crippen LogP contribution in [-0.2, 0) is 4.79 Å². The Kier molecular flexibility index (Phi) is 4.38. The van der Waals surface area contributed by atoms with E-state index in [9.17, 15) is 9.59 Å². The molecule has 0 aromatic carbocycles. The highest BCUT2D eigenvalue weighted by Crippen LogP contribution is 2.29. The molecule has 1 rings (SSSR count). The second-order valence-electron chi connectivity index (χ2n) is 5.68. The fourth-order valence-electron chi connectivity index (χ4n) is 1.87. The average molecular weight is 254 g/mol. The Morgan fingerprint density at radius 3 is 2.44 bits per heavy atom. The van der Waals surface area contributed by atoms with Crippen LogP contribution < -0.4 is 5.32 Å². The Morgan fingerprint density at radius 2 is 2.06 bits per heavy atom. The van der Waals surface area contributed by atoms with Crippen LogP contribution in [0.2, 0.25) is 0 Å². The summed E-state index contributed by atoms with van der Waals surface area (Å²) in [5.74, 6) is -1.02. The van der Waals surface area contributed by atoms with E-state index in [0.717, 1.165) is 6.42 Å². The quantitative estimate of drug-likeness (QED) is 0.739. The lowest BCUT2D eigenvalue weighted by atomic mass is 9.83. The highest BCUT2D eigenvalue weighted by molar-refractivity contribution is 5.82. The molecule has 0 aromatic rings. The third-order valence-electron chi connectivity index (χ3n) is 3.17. The predicted octanol–water partition coefficient (Wildman–Crippen LogP) is 1.85. The summed E-state index contributed by atoms with van der Waals surface area (Å²) in [6.45, 7) is 9.11. The van der Waals surface area contributed by atoms with Gasteiger partial charge in [-0.2, -0.15) is 0 Å². The number of hydrogen-bond donors (Lipinski definition) is 2. The summed E-state index contributed by atoms with van der Waals surface area (Å²) < 4.78 is 0. The van der Waals surface area contributed by atoms with Crippen LogP contribution in [-0.4, -0.2) is 41.1 Å². The normalized spacial score (nSPS) is 18.0. The molecule has 1 heterocycles. The van der Waals surface area contributed by atoms with Gasteiger partial charge in [0.2, 0.25) is 0 Å². The lowest BCUT2D eigenvalue weighted by Gasteiger charge is -2.32. The Morgan fingerprint density at radius 1 is 1.44 bits per heavy atom. The monoisotopic (exact) mass is 254 g/mol. The molecule has 0 spiro atoms. The first-order valence-electron chi connectivity index (χ1n) is 6.19. The van der Waals surface area contributed by atoms with Crippen LogP contribution in [0.15, 0.2) is 11.6 Å². The van der Waals surface area contributed by atoms with Gasteiger partial charge in [0.05, 0.1) is 0 Å². The second kappa shape index (κ2) is 5.42. The van der Waals surface area contributed by atoms with Crippen molar-refractivity contribution in [1.29, 1.82) is 0 Å². The van der Waals surface area contributed by atoms with E-state index in [1.165, 1.54) is 12.5 Å². The maximum absolute atomic E-state index is 11.8. The Labute approximate surface area is 108 Å². The first-order chi connectivity index (χ1) is 8.21. The van der Waals surface area contributed by atoms with Crippen molar-refractivity contribution in [2.24, 2.45) is 5.41 Å². The van der Waals surface area contributed by atoms with E-state index in [2.05, 4.69) is 32.2 Å². The molecule has 18 heavy (non-hydrogen) atoms. The number of carbonyl (C=O) groups is 2. The number of hydrogen-bond acceptors (Lipinski definition) is 2. The Balaban J connectivity index is 2.55. The van der Waals surface area contributed by atoms with Gasteiger partial charge in [0.1, 0.15) is 6.04 Å². The highest BCUT2D eigenvalue weighted by atomic mass is 16.4. The fraction of sp³-hybridized carbons (Fsp3) is 0.692. The lowest BCUT2D eigenvalue weighted by Crippen LogP contribution is -2.48. The molecule has 0 aromatic heterocycles. The van der Waals surface area contributed by atoms with Crippen molar-refractivity contribution in [1.82, 2.24) is 10.2 Å². The van der Waals surface area contributed by atoms with Gasteiger partial charge in [-0.05, 0) is 18.8 Å². The van der Waals surface area contributed by atoms with Crippen LogP contribution in [0, 0.1) is 5.41 Å². The first kappa shape index (κ1) is 14.5. The molecule has 0 saturated heterocycles. The minimum atomic E-state index is -1.02. The van der Waals surface area contributed by atoms with E-state index < -0.39 is 12.0 Å². The van der Waals surface area contributed by atoms with Gasteiger partial charge in [-0.1, -0.05) is 32.4 Å². The van der Waals surface area contributed by atoms with Crippen molar-refractivity contribution in [3.05, 3.63) is 11.6 Å². The van der Waals surface area contributed by atoms with Gasteiger partial charge in [0.25, 0.3) is 0 Å². The summed E-state index contributed by atoms with van der Waals surface area (Å²) >= 11 is 0. The van der Waals surface area contributed by atoms with Crippen LogP contribution in [0.5, 0.6) is 0 Å². The summed E-state index contributed by atoms with van der Waals surface area (Å²) in [5.41, 5.74) is 1.48. The van der Waals surface area contributed by atoms with Gasteiger partial charge in [-0.25, -0.2) is 4.79 Å². The van der Waals surface area contributed by atoms with Gasteiger partial charge in [-0.3, -0.25) is 4.79 Å².